The molecule has 8 nitrogen and oxygen atoms in total. The van der Waals surface area contributed by atoms with Gasteiger partial charge in [0.05, 0.1) is 5.69 Å². The van der Waals surface area contributed by atoms with Crippen molar-refractivity contribution in [1.82, 2.24) is 14.4 Å². The molecule has 2 aromatic carbocycles. The van der Waals surface area contributed by atoms with Gasteiger partial charge in [-0.05, 0) is 69.4 Å². The summed E-state index contributed by atoms with van der Waals surface area (Å²) in [7, 11) is 5.76. The Morgan fingerprint density at radius 3 is 2.29 bits per heavy atom. The lowest BCUT2D eigenvalue weighted by Crippen LogP contribution is -2.44. The van der Waals surface area contributed by atoms with E-state index in [4.69, 9.17) is 0 Å². The van der Waals surface area contributed by atoms with Crippen LogP contribution in [0.15, 0.2) is 72.9 Å². The van der Waals surface area contributed by atoms with Gasteiger partial charge in [-0.2, -0.15) is 0 Å². The van der Waals surface area contributed by atoms with Gasteiger partial charge in [0.15, 0.2) is 0 Å². The Balaban J connectivity index is 1.38. The molecule has 0 unspecified atom stereocenters. The third kappa shape index (κ3) is 5.99. The van der Waals surface area contributed by atoms with Crippen LogP contribution in [-0.4, -0.2) is 77.8 Å². The summed E-state index contributed by atoms with van der Waals surface area (Å²) < 4.78 is 33.0. The van der Waals surface area contributed by atoms with Gasteiger partial charge in [-0.25, -0.2) is 8.78 Å². The molecule has 1 aromatic heterocycles. The summed E-state index contributed by atoms with van der Waals surface area (Å²) >= 11 is 0. The number of aryl methyl sites for hydroxylation is 1. The van der Waals surface area contributed by atoms with Crippen molar-refractivity contribution in [1.29, 1.82) is 0 Å². The van der Waals surface area contributed by atoms with E-state index in [1.54, 1.807) is 77.3 Å². The number of likely N-dealkylation sites (tertiary alicyclic amines) is 1. The Hall–Kier alpha value is -4.31. The molecular formula is C32H35F2N5O3. The topological polar surface area (TPSA) is 77.9 Å². The summed E-state index contributed by atoms with van der Waals surface area (Å²) in [5.41, 5.74) is 1.39. The maximum atomic E-state index is 15.6. The molecule has 2 aliphatic rings. The molecule has 3 heterocycles. The van der Waals surface area contributed by atoms with Crippen LogP contribution < -0.4 is 10.2 Å². The molecule has 0 radical (unpaired) electrons. The number of allylic oxidation sites excluding steroid dienone is 1. The highest BCUT2D eigenvalue weighted by atomic mass is 19.3. The molecule has 0 atom stereocenters. The molecule has 10 heteroatoms. The number of hydrogen-bond donors (Lipinski definition) is 1. The van der Waals surface area contributed by atoms with Crippen molar-refractivity contribution in [3.05, 3.63) is 89.8 Å². The minimum absolute atomic E-state index is 0.163. The molecular weight excluding hydrogens is 540 g/mol. The van der Waals surface area contributed by atoms with E-state index in [1.807, 2.05) is 14.1 Å². The number of fused-ring (bicyclic) bond motifs is 1. The van der Waals surface area contributed by atoms with Gasteiger partial charge in [0.25, 0.3) is 17.7 Å². The molecule has 3 amide bonds. The minimum atomic E-state index is -3.31. The lowest BCUT2D eigenvalue weighted by Gasteiger charge is -2.35. The predicted molar refractivity (Wildman–Crippen MR) is 159 cm³/mol. The predicted octanol–water partition coefficient (Wildman–Crippen LogP) is 4.90. The Morgan fingerprint density at radius 2 is 1.64 bits per heavy atom. The number of carbonyl (C=O) groups is 3. The summed E-state index contributed by atoms with van der Waals surface area (Å²) in [4.78, 5) is 44.4. The SMILES string of the molecule is CN(C)C1CCN(C(=O)/C=C2/c3ccccc3N(C(=O)c3ccc(NC(=O)c4cccn4C)cc3)CCC2(F)F)CC1. The molecule has 1 saturated heterocycles. The Kier molecular flexibility index (Phi) is 8.27. The number of carbonyl (C=O) groups excluding carboxylic acids is 3. The molecule has 0 spiro atoms. The van der Waals surface area contributed by atoms with Crippen molar-refractivity contribution in [3.63, 3.8) is 0 Å². The van der Waals surface area contributed by atoms with Gasteiger partial charge in [-0.15, -0.1) is 0 Å². The maximum absolute atomic E-state index is 15.6. The van der Waals surface area contributed by atoms with Gasteiger partial charge in [-0.3, -0.25) is 14.4 Å². The highest BCUT2D eigenvalue weighted by Gasteiger charge is 2.42. The fraction of sp³-hybridized carbons (Fsp3) is 0.344. The van der Waals surface area contributed by atoms with Crippen LogP contribution in [0.3, 0.4) is 0 Å². The van der Waals surface area contributed by atoms with E-state index >= 15 is 8.78 Å². The number of nitrogens with zero attached hydrogens (tertiary/aromatic N) is 4. The first-order chi connectivity index (χ1) is 20.0. The lowest BCUT2D eigenvalue weighted by molar-refractivity contribution is -0.127. The first kappa shape index (κ1) is 29.2. The molecule has 0 aliphatic carbocycles. The van der Waals surface area contributed by atoms with Gasteiger partial charge in [0, 0.05) is 73.8 Å². The van der Waals surface area contributed by atoms with E-state index in [-0.39, 0.29) is 29.2 Å². The zero-order chi connectivity index (χ0) is 30.0. The van der Waals surface area contributed by atoms with Crippen LogP contribution >= 0.6 is 0 Å². The van der Waals surface area contributed by atoms with E-state index < -0.39 is 24.2 Å². The number of nitrogens with one attached hydrogen (secondary N) is 1. The number of amides is 3. The van der Waals surface area contributed by atoms with Gasteiger partial charge >= 0.3 is 0 Å². The Bertz CT molecular complexity index is 1500. The number of alkyl halides is 2. The maximum Gasteiger partial charge on any atom is 0.275 e. The number of piperidine rings is 1. The summed E-state index contributed by atoms with van der Waals surface area (Å²) in [5, 5.41) is 2.80. The molecule has 220 valence electrons. The third-order valence-corrected chi connectivity index (χ3v) is 8.11. The van der Waals surface area contributed by atoms with Crippen LogP contribution in [0.1, 0.15) is 45.7 Å². The first-order valence-corrected chi connectivity index (χ1v) is 14.0. The fourth-order valence-corrected chi connectivity index (χ4v) is 5.60. The standard InChI is InChI=1S/C32H35F2N5O3/c1-36(2)24-14-18-38(19-15-24)29(40)21-26-25-7-4-5-8-27(25)39(20-16-32(26,33)34)31(42)22-10-12-23(13-11-22)35-30(41)28-9-6-17-37(28)3/h4-13,17,21,24H,14-16,18-20H2,1-3H3,(H,35,41)/b26-21-. The van der Waals surface area contributed by atoms with Gasteiger partial charge in [0.2, 0.25) is 5.91 Å². The highest BCUT2D eigenvalue weighted by molar-refractivity contribution is 6.09. The summed E-state index contributed by atoms with van der Waals surface area (Å²) in [6.07, 6.45) is 3.77. The number of rotatable bonds is 5. The summed E-state index contributed by atoms with van der Waals surface area (Å²) in [6.45, 7) is 0.782. The monoisotopic (exact) mass is 575 g/mol. The van der Waals surface area contributed by atoms with Crippen molar-refractivity contribution in [3.8, 4) is 0 Å². The smallest absolute Gasteiger partial charge is 0.275 e. The van der Waals surface area contributed by atoms with E-state index in [0.29, 0.717) is 36.2 Å². The largest absolute Gasteiger partial charge is 0.347 e. The molecule has 0 bridgehead atoms. The van der Waals surface area contributed by atoms with Crippen LogP contribution in [0.5, 0.6) is 0 Å². The Labute approximate surface area is 244 Å². The second kappa shape index (κ2) is 11.9. The average molecular weight is 576 g/mol. The van der Waals surface area contributed by atoms with Crippen molar-refractivity contribution < 1.29 is 23.2 Å². The van der Waals surface area contributed by atoms with Gasteiger partial charge in [-0.1, -0.05) is 18.2 Å². The third-order valence-electron chi connectivity index (χ3n) is 8.11. The average Bonchev–Trinajstić information content (AvgIpc) is 3.38. The number of para-hydroxylation sites is 1. The van der Waals surface area contributed by atoms with E-state index in [0.717, 1.165) is 18.9 Å². The number of aromatic nitrogens is 1. The number of anilines is 2. The van der Waals surface area contributed by atoms with Crippen LogP contribution in [0.4, 0.5) is 20.2 Å². The van der Waals surface area contributed by atoms with Crippen LogP contribution in [0.2, 0.25) is 0 Å². The molecule has 1 fully saturated rings. The number of halogens is 2. The second-order valence-corrected chi connectivity index (χ2v) is 11.0. The van der Waals surface area contributed by atoms with Crippen LogP contribution in [0.25, 0.3) is 5.57 Å². The minimum Gasteiger partial charge on any atom is -0.347 e. The second-order valence-electron chi connectivity index (χ2n) is 11.0. The van der Waals surface area contributed by atoms with Crippen molar-refractivity contribution in [2.24, 2.45) is 7.05 Å². The van der Waals surface area contributed by atoms with Crippen molar-refractivity contribution >= 4 is 34.7 Å². The van der Waals surface area contributed by atoms with Gasteiger partial charge < -0.3 is 24.6 Å². The zero-order valence-electron chi connectivity index (χ0n) is 24.0. The van der Waals surface area contributed by atoms with Crippen molar-refractivity contribution in [2.45, 2.75) is 31.2 Å². The zero-order valence-corrected chi connectivity index (χ0v) is 24.0. The van der Waals surface area contributed by atoms with E-state index in [1.165, 1.54) is 11.0 Å². The summed E-state index contributed by atoms with van der Waals surface area (Å²) in [6, 6.07) is 16.6. The van der Waals surface area contributed by atoms with Crippen LogP contribution in [0, 0.1) is 0 Å². The van der Waals surface area contributed by atoms with E-state index in [9.17, 15) is 14.4 Å². The van der Waals surface area contributed by atoms with Gasteiger partial charge in [0.1, 0.15) is 5.69 Å². The molecule has 2 aliphatic heterocycles. The lowest BCUT2D eigenvalue weighted by atomic mass is 9.96. The normalized spacial score (nSPS) is 18.1. The highest BCUT2D eigenvalue weighted by Crippen LogP contribution is 2.43. The summed E-state index contributed by atoms with van der Waals surface area (Å²) in [5.74, 6) is -4.49. The van der Waals surface area contributed by atoms with Crippen LogP contribution in [-0.2, 0) is 11.8 Å². The molecule has 42 heavy (non-hydrogen) atoms. The van der Waals surface area contributed by atoms with Crippen molar-refractivity contribution in [2.75, 3.05) is 43.9 Å². The molecule has 0 saturated carbocycles. The molecule has 3 aromatic rings. The number of benzene rings is 2. The Morgan fingerprint density at radius 1 is 0.952 bits per heavy atom. The quantitative estimate of drug-likeness (QED) is 0.439. The molecule has 5 rings (SSSR count). The fourth-order valence-electron chi connectivity index (χ4n) is 5.60. The first-order valence-electron chi connectivity index (χ1n) is 14.0. The van der Waals surface area contributed by atoms with E-state index in [2.05, 4.69) is 10.2 Å². The number of hydrogen-bond acceptors (Lipinski definition) is 4. The molecule has 1 N–H and O–H groups in total.